The van der Waals surface area contributed by atoms with E-state index in [9.17, 15) is 4.79 Å². The lowest BCUT2D eigenvalue weighted by atomic mass is 9.98. The number of para-hydroxylation sites is 1. The summed E-state index contributed by atoms with van der Waals surface area (Å²) in [5.74, 6) is 2.41. The number of amides is 1. The molecule has 154 valence electrons. The van der Waals surface area contributed by atoms with Crippen molar-refractivity contribution in [2.24, 2.45) is 5.92 Å². The Hall–Kier alpha value is -3.16. The van der Waals surface area contributed by atoms with Gasteiger partial charge in [0.05, 0.1) is 6.04 Å². The van der Waals surface area contributed by atoms with Gasteiger partial charge in [0, 0.05) is 24.2 Å². The van der Waals surface area contributed by atoms with Crippen molar-refractivity contribution in [3.8, 4) is 17.0 Å². The summed E-state index contributed by atoms with van der Waals surface area (Å²) in [7, 11) is 0. The fourth-order valence-corrected chi connectivity index (χ4v) is 4.67. The first-order chi connectivity index (χ1) is 14.8. The monoisotopic (exact) mass is 404 g/mol. The number of benzene rings is 1. The number of nitrogens with one attached hydrogen (secondary N) is 1. The second-order valence-electron chi connectivity index (χ2n) is 8.51. The van der Waals surface area contributed by atoms with E-state index in [-0.39, 0.29) is 11.9 Å². The molecule has 1 atom stereocenters. The van der Waals surface area contributed by atoms with Gasteiger partial charge < -0.3 is 14.2 Å². The molecule has 1 N–H and O–H groups in total. The molecule has 3 aromatic rings. The maximum absolute atomic E-state index is 13.6. The second kappa shape index (κ2) is 6.97. The first-order valence-corrected chi connectivity index (χ1v) is 10.8. The quantitative estimate of drug-likeness (QED) is 0.720. The molecule has 1 aromatic carbocycles. The predicted octanol–water partition coefficient (Wildman–Crippen LogP) is 3.34. The summed E-state index contributed by atoms with van der Waals surface area (Å²) in [6.45, 7) is 2.01. The Morgan fingerprint density at radius 3 is 3.00 bits per heavy atom. The van der Waals surface area contributed by atoms with Crippen LogP contribution in [0, 0.1) is 5.92 Å². The van der Waals surface area contributed by atoms with Crippen molar-refractivity contribution in [1.82, 2.24) is 29.9 Å². The van der Waals surface area contributed by atoms with Gasteiger partial charge in [0.25, 0.3) is 5.91 Å². The Morgan fingerprint density at radius 2 is 2.10 bits per heavy atom. The Kier molecular flexibility index (Phi) is 4.11. The number of rotatable bonds is 4. The van der Waals surface area contributed by atoms with Crippen molar-refractivity contribution in [1.29, 1.82) is 0 Å². The molecule has 2 fully saturated rings. The Balaban J connectivity index is 1.33. The van der Waals surface area contributed by atoms with E-state index in [1.54, 1.807) is 0 Å². The van der Waals surface area contributed by atoms with Gasteiger partial charge in [-0.05, 0) is 50.2 Å². The fourth-order valence-electron chi connectivity index (χ4n) is 4.67. The average molecular weight is 404 g/mol. The molecular formula is C22H24N6O2. The van der Waals surface area contributed by atoms with Crippen LogP contribution in [0.1, 0.15) is 60.0 Å². The zero-order valence-electron chi connectivity index (χ0n) is 16.8. The van der Waals surface area contributed by atoms with Gasteiger partial charge in [-0.1, -0.05) is 12.1 Å². The SMILES string of the molecule is O=C(c1[nH]nc2c1COc1ccccc1-2)N1CCCCC1c1nncn1CC1CC1. The predicted molar refractivity (Wildman–Crippen MR) is 109 cm³/mol. The highest BCUT2D eigenvalue weighted by molar-refractivity contribution is 5.96. The Bertz CT molecular complexity index is 1100. The molecule has 2 aliphatic heterocycles. The van der Waals surface area contributed by atoms with Crippen LogP contribution in [0.3, 0.4) is 0 Å². The van der Waals surface area contributed by atoms with Crippen LogP contribution in [0.5, 0.6) is 5.75 Å². The number of ether oxygens (including phenoxy) is 1. The van der Waals surface area contributed by atoms with Gasteiger partial charge in [0.2, 0.25) is 0 Å². The highest BCUT2D eigenvalue weighted by Crippen LogP contribution is 2.39. The maximum Gasteiger partial charge on any atom is 0.272 e. The minimum absolute atomic E-state index is 0.0302. The van der Waals surface area contributed by atoms with Gasteiger partial charge in [0.1, 0.15) is 30.1 Å². The highest BCUT2D eigenvalue weighted by atomic mass is 16.5. The summed E-state index contributed by atoms with van der Waals surface area (Å²) in [6, 6.07) is 7.76. The number of H-pyrrole nitrogens is 1. The number of nitrogens with zero attached hydrogens (tertiary/aromatic N) is 5. The van der Waals surface area contributed by atoms with Gasteiger partial charge in [-0.3, -0.25) is 9.89 Å². The highest BCUT2D eigenvalue weighted by Gasteiger charge is 2.36. The number of carbonyl (C=O) groups excluding carboxylic acids is 1. The van der Waals surface area contributed by atoms with Crippen LogP contribution in [0.25, 0.3) is 11.3 Å². The number of likely N-dealkylation sites (tertiary alicyclic amines) is 1. The van der Waals surface area contributed by atoms with Crippen molar-refractivity contribution >= 4 is 5.91 Å². The zero-order valence-corrected chi connectivity index (χ0v) is 16.8. The third-order valence-electron chi connectivity index (χ3n) is 6.45. The molecule has 1 saturated heterocycles. The minimum atomic E-state index is -0.0526. The molecule has 8 nitrogen and oxygen atoms in total. The van der Waals surface area contributed by atoms with Crippen molar-refractivity contribution in [2.45, 2.75) is 51.3 Å². The molecule has 4 heterocycles. The summed E-state index contributed by atoms with van der Waals surface area (Å²) in [4.78, 5) is 15.6. The van der Waals surface area contributed by atoms with Crippen molar-refractivity contribution in [3.63, 3.8) is 0 Å². The number of hydrogen-bond acceptors (Lipinski definition) is 5. The van der Waals surface area contributed by atoms with Gasteiger partial charge in [0.15, 0.2) is 5.82 Å². The number of aromatic amines is 1. The zero-order chi connectivity index (χ0) is 20.1. The average Bonchev–Trinajstić information content (AvgIpc) is 3.31. The van der Waals surface area contributed by atoms with E-state index < -0.39 is 0 Å². The van der Waals surface area contributed by atoms with Gasteiger partial charge in [-0.25, -0.2) is 0 Å². The minimum Gasteiger partial charge on any atom is -0.488 e. The molecule has 2 aromatic heterocycles. The van der Waals surface area contributed by atoms with Gasteiger partial charge >= 0.3 is 0 Å². The normalized spacial score (nSPS) is 20.4. The lowest BCUT2D eigenvalue weighted by Gasteiger charge is -2.35. The molecule has 0 bridgehead atoms. The molecule has 1 amide bonds. The van der Waals surface area contributed by atoms with Crippen LogP contribution in [0.4, 0.5) is 0 Å². The Labute approximate surface area is 174 Å². The number of hydrogen-bond donors (Lipinski definition) is 1. The summed E-state index contributed by atoms with van der Waals surface area (Å²) in [5, 5.41) is 16.1. The van der Waals surface area contributed by atoms with Crippen molar-refractivity contribution in [3.05, 3.63) is 47.7 Å². The van der Waals surface area contributed by atoms with Gasteiger partial charge in [-0.15, -0.1) is 10.2 Å². The van der Waals surface area contributed by atoms with Crippen LogP contribution in [-0.2, 0) is 13.2 Å². The van der Waals surface area contributed by atoms with E-state index in [0.717, 1.165) is 60.1 Å². The molecule has 3 aliphatic rings. The topological polar surface area (TPSA) is 88.9 Å². The molecule has 0 radical (unpaired) electrons. The van der Waals surface area contributed by atoms with E-state index in [2.05, 4.69) is 25.0 Å². The molecule has 30 heavy (non-hydrogen) atoms. The van der Waals surface area contributed by atoms with E-state index in [1.807, 2.05) is 35.5 Å². The largest absolute Gasteiger partial charge is 0.488 e. The molecule has 1 unspecified atom stereocenters. The Morgan fingerprint density at radius 1 is 1.20 bits per heavy atom. The van der Waals surface area contributed by atoms with Crippen LogP contribution in [0.15, 0.2) is 30.6 Å². The lowest BCUT2D eigenvalue weighted by Crippen LogP contribution is -2.40. The molecule has 1 saturated carbocycles. The molecule has 8 heteroatoms. The molecular weight excluding hydrogens is 380 g/mol. The smallest absolute Gasteiger partial charge is 0.272 e. The fraction of sp³-hybridized carbons (Fsp3) is 0.455. The van der Waals surface area contributed by atoms with Crippen LogP contribution in [-0.4, -0.2) is 42.3 Å². The number of fused-ring (bicyclic) bond motifs is 3. The summed E-state index contributed by atoms with van der Waals surface area (Å²) in [5.41, 5.74) is 3.10. The standard InChI is InChI=1S/C22H24N6O2/c29-22(20-16-12-30-18-7-2-1-5-15(18)19(16)24-25-20)28-10-4-3-6-17(28)21-26-23-13-27(21)11-14-8-9-14/h1-2,5,7,13-14,17H,3-4,6,8-12H2,(H,24,25). The van der Waals surface area contributed by atoms with Crippen molar-refractivity contribution in [2.75, 3.05) is 6.54 Å². The third-order valence-corrected chi connectivity index (χ3v) is 6.45. The molecule has 6 rings (SSSR count). The van der Waals surface area contributed by atoms with Crippen LogP contribution < -0.4 is 4.74 Å². The van der Waals surface area contributed by atoms with Crippen LogP contribution in [0.2, 0.25) is 0 Å². The second-order valence-corrected chi connectivity index (χ2v) is 8.51. The van der Waals surface area contributed by atoms with E-state index in [0.29, 0.717) is 18.8 Å². The van der Waals surface area contributed by atoms with Crippen LogP contribution >= 0.6 is 0 Å². The summed E-state index contributed by atoms with van der Waals surface area (Å²) in [6.07, 6.45) is 7.34. The number of carbonyl (C=O) groups is 1. The summed E-state index contributed by atoms with van der Waals surface area (Å²) >= 11 is 0. The first kappa shape index (κ1) is 17.7. The first-order valence-electron chi connectivity index (χ1n) is 10.8. The van der Waals surface area contributed by atoms with E-state index in [4.69, 9.17) is 4.74 Å². The van der Waals surface area contributed by atoms with Gasteiger partial charge in [-0.2, -0.15) is 5.10 Å². The van der Waals surface area contributed by atoms with E-state index in [1.165, 1.54) is 12.8 Å². The van der Waals surface area contributed by atoms with E-state index >= 15 is 0 Å². The number of piperidine rings is 1. The summed E-state index contributed by atoms with van der Waals surface area (Å²) < 4.78 is 8.05. The lowest BCUT2D eigenvalue weighted by molar-refractivity contribution is 0.0585. The molecule has 1 aliphatic carbocycles. The van der Waals surface area contributed by atoms with Crippen molar-refractivity contribution < 1.29 is 9.53 Å². The maximum atomic E-state index is 13.6. The number of aromatic nitrogens is 5. The molecule has 0 spiro atoms. The third kappa shape index (κ3) is 2.89.